The first-order valence-corrected chi connectivity index (χ1v) is 7.23. The number of anilines is 1. The summed E-state index contributed by atoms with van der Waals surface area (Å²) >= 11 is 0. The molecule has 1 aliphatic carbocycles. The van der Waals surface area contributed by atoms with Gasteiger partial charge in [0.2, 0.25) is 0 Å². The number of carbonyl (C=O) groups excluding carboxylic acids is 1. The summed E-state index contributed by atoms with van der Waals surface area (Å²) in [5.41, 5.74) is 9.17. The van der Waals surface area contributed by atoms with E-state index < -0.39 is 0 Å². The van der Waals surface area contributed by atoms with Crippen LogP contribution >= 0.6 is 0 Å². The van der Waals surface area contributed by atoms with Gasteiger partial charge in [-0.1, -0.05) is 19.9 Å². The molecule has 0 bridgehead atoms. The topological polar surface area (TPSA) is 64.3 Å². The SMILES string of the molecule is COC(=O)C(CC(C)C)NC1CCc2cc(N)ccc21. The molecule has 2 unspecified atom stereocenters. The summed E-state index contributed by atoms with van der Waals surface area (Å²) in [4.78, 5) is 11.9. The van der Waals surface area contributed by atoms with Crippen LogP contribution in [0, 0.1) is 5.92 Å². The Morgan fingerprint density at radius 2 is 2.25 bits per heavy atom. The van der Waals surface area contributed by atoms with Crippen molar-refractivity contribution in [3.8, 4) is 0 Å². The fraction of sp³-hybridized carbons (Fsp3) is 0.562. The maximum absolute atomic E-state index is 11.9. The van der Waals surface area contributed by atoms with Gasteiger partial charge in [0.05, 0.1) is 7.11 Å². The molecule has 1 aromatic carbocycles. The molecule has 1 aliphatic rings. The van der Waals surface area contributed by atoms with E-state index in [1.165, 1.54) is 18.2 Å². The van der Waals surface area contributed by atoms with Crippen LogP contribution in [0.2, 0.25) is 0 Å². The number of carbonyl (C=O) groups is 1. The smallest absolute Gasteiger partial charge is 0.322 e. The maximum atomic E-state index is 11.9. The lowest BCUT2D eigenvalue weighted by atomic mass is 10.0. The van der Waals surface area contributed by atoms with E-state index in [4.69, 9.17) is 10.5 Å². The van der Waals surface area contributed by atoms with Crippen LogP contribution in [0.4, 0.5) is 5.69 Å². The van der Waals surface area contributed by atoms with Gasteiger partial charge in [0.15, 0.2) is 0 Å². The van der Waals surface area contributed by atoms with Gasteiger partial charge < -0.3 is 10.5 Å². The number of rotatable bonds is 5. The molecule has 0 radical (unpaired) electrons. The van der Waals surface area contributed by atoms with Crippen LogP contribution in [0.5, 0.6) is 0 Å². The first-order chi connectivity index (χ1) is 9.51. The van der Waals surface area contributed by atoms with E-state index in [-0.39, 0.29) is 18.1 Å². The molecule has 4 nitrogen and oxygen atoms in total. The maximum Gasteiger partial charge on any atom is 0.322 e. The number of ether oxygens (including phenoxy) is 1. The highest BCUT2D eigenvalue weighted by Gasteiger charge is 2.28. The van der Waals surface area contributed by atoms with Gasteiger partial charge in [-0.25, -0.2) is 0 Å². The third-order valence-corrected chi connectivity index (χ3v) is 3.84. The van der Waals surface area contributed by atoms with Crippen molar-refractivity contribution in [3.05, 3.63) is 29.3 Å². The van der Waals surface area contributed by atoms with E-state index in [1.807, 2.05) is 12.1 Å². The molecule has 0 saturated heterocycles. The molecule has 0 fully saturated rings. The minimum absolute atomic E-state index is 0.178. The number of aryl methyl sites for hydroxylation is 1. The number of nitrogens with one attached hydrogen (secondary N) is 1. The number of nitrogens with two attached hydrogens (primary N) is 1. The lowest BCUT2D eigenvalue weighted by Crippen LogP contribution is -2.40. The summed E-state index contributed by atoms with van der Waals surface area (Å²) in [7, 11) is 1.45. The molecule has 0 aromatic heterocycles. The van der Waals surface area contributed by atoms with Gasteiger partial charge in [-0.3, -0.25) is 10.1 Å². The summed E-state index contributed by atoms with van der Waals surface area (Å²) in [5, 5.41) is 3.46. The number of methoxy groups -OCH3 is 1. The largest absolute Gasteiger partial charge is 0.468 e. The highest BCUT2D eigenvalue weighted by atomic mass is 16.5. The van der Waals surface area contributed by atoms with Crippen LogP contribution in [-0.4, -0.2) is 19.1 Å². The Kier molecular flexibility index (Phi) is 4.65. The molecule has 110 valence electrons. The fourth-order valence-electron chi connectivity index (χ4n) is 2.90. The molecule has 3 N–H and O–H groups in total. The zero-order valence-corrected chi connectivity index (χ0v) is 12.5. The van der Waals surface area contributed by atoms with Crippen molar-refractivity contribution in [2.45, 2.75) is 45.2 Å². The summed E-state index contributed by atoms with van der Waals surface area (Å²) < 4.78 is 4.91. The highest BCUT2D eigenvalue weighted by molar-refractivity contribution is 5.75. The predicted octanol–water partition coefficient (Wildman–Crippen LogP) is 2.43. The van der Waals surface area contributed by atoms with Crippen LogP contribution in [0.3, 0.4) is 0 Å². The molecular formula is C16H24N2O2. The lowest BCUT2D eigenvalue weighted by Gasteiger charge is -2.23. The number of nitrogen functional groups attached to an aromatic ring is 1. The first-order valence-electron chi connectivity index (χ1n) is 7.23. The van der Waals surface area contributed by atoms with E-state index in [0.29, 0.717) is 5.92 Å². The Bertz CT molecular complexity index is 485. The van der Waals surface area contributed by atoms with Crippen molar-refractivity contribution in [2.24, 2.45) is 5.92 Å². The molecule has 4 heteroatoms. The first kappa shape index (κ1) is 14.9. The third kappa shape index (κ3) is 3.31. The van der Waals surface area contributed by atoms with Gasteiger partial charge in [0, 0.05) is 11.7 Å². The molecule has 1 aromatic rings. The number of fused-ring (bicyclic) bond motifs is 1. The van der Waals surface area contributed by atoms with Crippen molar-refractivity contribution in [2.75, 3.05) is 12.8 Å². The normalized spacial score (nSPS) is 18.9. The molecule has 2 atom stereocenters. The van der Waals surface area contributed by atoms with Crippen molar-refractivity contribution in [3.63, 3.8) is 0 Å². The van der Waals surface area contributed by atoms with Crippen molar-refractivity contribution >= 4 is 11.7 Å². The van der Waals surface area contributed by atoms with Crippen molar-refractivity contribution < 1.29 is 9.53 Å². The minimum atomic E-state index is -0.242. The number of esters is 1. The third-order valence-electron chi connectivity index (χ3n) is 3.84. The zero-order chi connectivity index (χ0) is 14.7. The Balaban J connectivity index is 2.11. The second-order valence-corrected chi connectivity index (χ2v) is 5.92. The second-order valence-electron chi connectivity index (χ2n) is 5.92. The van der Waals surface area contributed by atoms with Gasteiger partial charge in [0.25, 0.3) is 0 Å². The van der Waals surface area contributed by atoms with Gasteiger partial charge in [-0.05, 0) is 48.4 Å². The second kappa shape index (κ2) is 6.27. The van der Waals surface area contributed by atoms with E-state index in [0.717, 1.165) is 24.9 Å². The van der Waals surface area contributed by atoms with E-state index in [1.54, 1.807) is 0 Å². The number of hydrogen-bond acceptors (Lipinski definition) is 4. The molecule has 0 saturated carbocycles. The quantitative estimate of drug-likeness (QED) is 0.640. The number of hydrogen-bond donors (Lipinski definition) is 2. The van der Waals surface area contributed by atoms with Gasteiger partial charge in [-0.2, -0.15) is 0 Å². The molecule has 2 rings (SSSR count). The molecule has 0 spiro atoms. The van der Waals surface area contributed by atoms with Gasteiger partial charge in [-0.15, -0.1) is 0 Å². The summed E-state index contributed by atoms with van der Waals surface area (Å²) in [6.07, 6.45) is 2.80. The minimum Gasteiger partial charge on any atom is -0.468 e. The average Bonchev–Trinajstić information content (AvgIpc) is 2.78. The molecule has 0 heterocycles. The van der Waals surface area contributed by atoms with Gasteiger partial charge >= 0.3 is 5.97 Å². The summed E-state index contributed by atoms with van der Waals surface area (Å²) in [6.45, 7) is 4.22. The standard InChI is InChI=1S/C16H24N2O2/c1-10(2)8-15(16(19)20-3)18-14-7-4-11-9-12(17)5-6-13(11)14/h5-6,9-10,14-15,18H,4,7-8,17H2,1-3H3. The Hall–Kier alpha value is -1.55. The molecular weight excluding hydrogens is 252 g/mol. The van der Waals surface area contributed by atoms with Crippen molar-refractivity contribution in [1.29, 1.82) is 0 Å². The Morgan fingerprint density at radius 3 is 2.90 bits per heavy atom. The number of benzene rings is 1. The van der Waals surface area contributed by atoms with Crippen LogP contribution in [0.15, 0.2) is 18.2 Å². The van der Waals surface area contributed by atoms with E-state index >= 15 is 0 Å². The fourth-order valence-corrected chi connectivity index (χ4v) is 2.90. The van der Waals surface area contributed by atoms with Crippen LogP contribution in [0.25, 0.3) is 0 Å². The van der Waals surface area contributed by atoms with Gasteiger partial charge in [0.1, 0.15) is 6.04 Å². The Labute approximate surface area is 120 Å². The zero-order valence-electron chi connectivity index (χ0n) is 12.5. The Morgan fingerprint density at radius 1 is 1.50 bits per heavy atom. The van der Waals surface area contributed by atoms with Crippen LogP contribution in [-0.2, 0) is 16.0 Å². The monoisotopic (exact) mass is 276 g/mol. The average molecular weight is 276 g/mol. The lowest BCUT2D eigenvalue weighted by molar-refractivity contribution is -0.143. The van der Waals surface area contributed by atoms with Crippen LogP contribution < -0.4 is 11.1 Å². The molecule has 0 amide bonds. The summed E-state index contributed by atoms with van der Waals surface area (Å²) in [5.74, 6) is 0.265. The molecule has 0 aliphatic heterocycles. The van der Waals surface area contributed by atoms with Crippen molar-refractivity contribution in [1.82, 2.24) is 5.32 Å². The van der Waals surface area contributed by atoms with E-state index in [9.17, 15) is 4.79 Å². The highest BCUT2D eigenvalue weighted by Crippen LogP contribution is 2.33. The summed E-state index contributed by atoms with van der Waals surface area (Å²) in [6, 6.07) is 6.00. The molecule has 20 heavy (non-hydrogen) atoms. The van der Waals surface area contributed by atoms with E-state index in [2.05, 4.69) is 25.2 Å². The van der Waals surface area contributed by atoms with Crippen LogP contribution in [0.1, 0.15) is 43.9 Å². The predicted molar refractivity (Wildman–Crippen MR) is 80.3 cm³/mol.